The molecule has 2 radical (unpaired) electrons. The van der Waals surface area contributed by atoms with Crippen LogP contribution in [0.25, 0.3) is 0 Å². The van der Waals surface area contributed by atoms with Gasteiger partial charge >= 0.3 is 0 Å². The Kier molecular flexibility index (Phi) is 8.29. The largest absolute Gasteiger partial charge is 0.125 e. The van der Waals surface area contributed by atoms with Gasteiger partial charge in [-0.3, -0.25) is 0 Å². The number of hydrogen-bond acceptors (Lipinski definition) is 0. The van der Waals surface area contributed by atoms with Crippen LogP contribution < -0.4 is 0 Å². The fourth-order valence-corrected chi connectivity index (χ4v) is 0.408. The number of hydrogen-bond donors (Lipinski definition) is 0. The van der Waals surface area contributed by atoms with E-state index in [4.69, 9.17) is 9.22 Å². The minimum absolute atomic E-state index is 0.281. The highest BCUT2D eigenvalue weighted by Gasteiger charge is 1.58. The summed E-state index contributed by atoms with van der Waals surface area (Å²) in [5, 5.41) is 0. The van der Waals surface area contributed by atoms with Gasteiger partial charge in [-0.2, -0.15) is 0 Å². The third kappa shape index (κ3) is 11.0. The lowest BCUT2D eigenvalue weighted by Gasteiger charge is -1.60. The van der Waals surface area contributed by atoms with Crippen molar-refractivity contribution < 1.29 is 1.37 Å². The van der Waals surface area contributed by atoms with Gasteiger partial charge in [0.25, 0.3) is 0 Å². The molecule has 0 saturated heterocycles. The second-order valence-electron chi connectivity index (χ2n) is 1.88. The lowest BCUT2D eigenvalue weighted by atomic mass is 10.1. The first kappa shape index (κ1) is 11.1. The van der Waals surface area contributed by atoms with E-state index >= 15 is 0 Å². The van der Waals surface area contributed by atoms with Gasteiger partial charge in [0, 0.05) is 0 Å². The molecule has 0 fully saturated rings. The summed E-state index contributed by atoms with van der Waals surface area (Å²) in [6.07, 6.45) is 2.15. The van der Waals surface area contributed by atoms with Crippen molar-refractivity contribution in [3.63, 3.8) is 0 Å². The van der Waals surface area contributed by atoms with Crippen LogP contribution in [-0.4, -0.2) is 7.85 Å². The third-order valence-corrected chi connectivity index (χ3v) is 0.878. The Hall–Kier alpha value is -3.02. The van der Waals surface area contributed by atoms with Gasteiger partial charge in [-0.15, -0.1) is 6.40 Å². The summed E-state index contributed by atoms with van der Waals surface area (Å²) >= 11 is 0. The molecule has 0 amide bonds. The lowest BCUT2D eigenvalue weighted by molar-refractivity contribution is 1.88. The molecule has 0 bridgehead atoms. The van der Waals surface area contributed by atoms with E-state index in [9.17, 15) is 0 Å². The molecule has 1 heteroatoms. The Morgan fingerprint density at radius 2 is 1.19 bits per heavy atom. The van der Waals surface area contributed by atoms with Crippen LogP contribution in [-0.2, 0) is 0 Å². The van der Waals surface area contributed by atoms with Crippen LogP contribution in [0.4, 0.5) is 0 Å². The van der Waals surface area contributed by atoms with Gasteiger partial charge in [-0.1, -0.05) is 5.92 Å². The van der Waals surface area contributed by atoms with E-state index in [1.54, 1.807) is 0 Å². The predicted molar refractivity (Wildman–Crippen MR) is 66.0 cm³/mol. The smallest absolute Gasteiger partial charge is 0.106 e. The molecule has 0 heterocycles. The fraction of sp³-hybridized carbons (Fsp3) is 0.0667. The third-order valence-electron chi connectivity index (χ3n) is 0.878. The molecule has 0 rings (SSSR count). The second-order valence-corrected chi connectivity index (χ2v) is 1.88. The number of terminal acetylenes is 1. The normalized spacial score (nSPS) is 4.62. The highest BCUT2D eigenvalue weighted by atomic mass is 13.6. The summed E-state index contributed by atoms with van der Waals surface area (Å²) in [7, 11) is 5.12. The van der Waals surface area contributed by atoms with Crippen molar-refractivity contribution in [2.45, 2.75) is 6.32 Å². The molecule has 16 heavy (non-hydrogen) atoms. The monoisotopic (exact) mass is 195 g/mol. The molecule has 0 N–H and O–H groups in total. The summed E-state index contributed by atoms with van der Waals surface area (Å²) in [6.45, 7) is 0. The van der Waals surface area contributed by atoms with E-state index < -0.39 is 0 Å². The van der Waals surface area contributed by atoms with Crippen molar-refractivity contribution in [1.82, 2.24) is 0 Å². The maximum Gasteiger partial charge on any atom is 0.125 e. The zero-order valence-corrected chi connectivity index (χ0v) is 8.28. The summed E-state index contributed by atoms with van der Waals surface area (Å²) in [5.74, 6) is 31.8. The SMILES string of the molecule is [2H]C#CC#CC#CC#CC#CC#CC#CC[B]. The van der Waals surface area contributed by atoms with Gasteiger partial charge in [0.15, 0.2) is 0 Å². The van der Waals surface area contributed by atoms with Gasteiger partial charge < -0.3 is 0 Å². The van der Waals surface area contributed by atoms with Crippen LogP contribution in [0.2, 0.25) is 6.32 Å². The molecule has 0 aliphatic carbocycles. The Balaban J connectivity index is 4.21. The Bertz CT molecular complexity index is 679. The molecular weight excluding hydrogens is 191 g/mol. The zero-order valence-electron chi connectivity index (χ0n) is 9.28. The molecule has 0 aromatic rings. The highest BCUT2D eigenvalue weighted by Crippen LogP contribution is 1.61. The molecule has 0 aliphatic rings. The van der Waals surface area contributed by atoms with Crippen molar-refractivity contribution in [3.8, 4) is 83.4 Å². The van der Waals surface area contributed by atoms with Gasteiger partial charge in [-0.25, -0.2) is 0 Å². The molecule has 0 atom stereocenters. The van der Waals surface area contributed by atoms with E-state index in [-0.39, 0.29) is 6.32 Å². The zero-order chi connectivity index (χ0) is 12.6. The molecule has 66 valence electrons. The Morgan fingerprint density at radius 1 is 0.750 bits per heavy atom. The van der Waals surface area contributed by atoms with Crippen LogP contribution in [0.1, 0.15) is 1.37 Å². The quantitative estimate of drug-likeness (QED) is 0.383. The molecule has 0 saturated carbocycles. The van der Waals surface area contributed by atoms with Crippen molar-refractivity contribution in [2.75, 3.05) is 0 Å². The van der Waals surface area contributed by atoms with Crippen molar-refractivity contribution >= 4 is 7.85 Å². The maximum atomic E-state index is 6.47. The summed E-state index contributed by atoms with van der Waals surface area (Å²) < 4.78 is 6.47. The average molecular weight is 195 g/mol. The van der Waals surface area contributed by atoms with E-state index in [0.717, 1.165) is 0 Å². The first-order valence-electron chi connectivity index (χ1n) is 4.51. The van der Waals surface area contributed by atoms with Crippen LogP contribution >= 0.6 is 0 Å². The minimum Gasteiger partial charge on any atom is -0.106 e. The molecular formula is C15H3B. The van der Waals surface area contributed by atoms with Crippen LogP contribution in [0.5, 0.6) is 0 Å². The topological polar surface area (TPSA) is 0 Å². The standard InChI is InChI=1S/C15H3B/c1-2-3-4-5-6-7-8-9-10-11-12-13-14-15-16/h1H,15H2/i1D. The summed E-state index contributed by atoms with van der Waals surface area (Å²) in [5.41, 5.74) is 0. The van der Waals surface area contributed by atoms with E-state index in [1.165, 1.54) is 0 Å². The Labute approximate surface area is 99.4 Å². The molecule has 0 aromatic heterocycles. The van der Waals surface area contributed by atoms with Crippen LogP contribution in [0.15, 0.2) is 0 Å². The van der Waals surface area contributed by atoms with Gasteiger partial charge in [0.2, 0.25) is 0 Å². The summed E-state index contributed by atoms with van der Waals surface area (Å²) in [6, 6.07) is 0. The lowest BCUT2D eigenvalue weighted by Crippen LogP contribution is -1.57. The highest BCUT2D eigenvalue weighted by molar-refractivity contribution is 6.10. The fourth-order valence-electron chi connectivity index (χ4n) is 0.408. The van der Waals surface area contributed by atoms with E-state index in [1.807, 2.05) is 6.40 Å². The van der Waals surface area contributed by atoms with Crippen molar-refractivity contribution in [1.29, 1.82) is 0 Å². The minimum atomic E-state index is 0.281. The van der Waals surface area contributed by atoms with E-state index in [2.05, 4.69) is 77.0 Å². The molecule has 0 spiro atoms. The maximum absolute atomic E-state index is 6.47. The van der Waals surface area contributed by atoms with E-state index in [0.29, 0.717) is 0 Å². The Morgan fingerprint density at radius 3 is 1.62 bits per heavy atom. The average Bonchev–Trinajstić information content (AvgIpc) is 2.35. The van der Waals surface area contributed by atoms with Gasteiger partial charge in [0.1, 0.15) is 1.37 Å². The second kappa shape index (κ2) is 12.0. The summed E-state index contributed by atoms with van der Waals surface area (Å²) in [4.78, 5) is 0. The van der Waals surface area contributed by atoms with Gasteiger partial charge in [-0.05, 0) is 77.4 Å². The molecule has 0 unspecified atom stereocenters. The van der Waals surface area contributed by atoms with Crippen LogP contribution in [0, 0.1) is 83.4 Å². The predicted octanol–water partition coefficient (Wildman–Crippen LogP) is 0.227. The van der Waals surface area contributed by atoms with Crippen LogP contribution in [0.3, 0.4) is 0 Å². The molecule has 0 nitrogen and oxygen atoms in total. The first-order chi connectivity index (χ1) is 8.41. The molecule has 0 aliphatic heterocycles. The number of rotatable bonds is 0. The van der Waals surface area contributed by atoms with Crippen molar-refractivity contribution in [3.05, 3.63) is 0 Å². The van der Waals surface area contributed by atoms with Gasteiger partial charge in [0.05, 0.1) is 7.85 Å². The first-order valence-corrected chi connectivity index (χ1v) is 4.01. The molecule has 0 aromatic carbocycles. The van der Waals surface area contributed by atoms with Crippen molar-refractivity contribution in [2.24, 2.45) is 0 Å².